The Balaban J connectivity index is 2.17. The largest absolute Gasteiger partial charge is 0.481 e. The van der Waals surface area contributed by atoms with Crippen LogP contribution in [0, 0.1) is 5.41 Å². The van der Waals surface area contributed by atoms with Gasteiger partial charge in [0.25, 0.3) is 5.91 Å². The molecular formula is C18H23ClN2O4. The number of carboxylic acid groups (broad SMARTS) is 1. The van der Waals surface area contributed by atoms with Crippen molar-refractivity contribution in [3.8, 4) is 0 Å². The first-order valence-electron chi connectivity index (χ1n) is 8.38. The molecule has 0 radical (unpaired) electrons. The molecule has 0 aliphatic heterocycles. The molecule has 1 aromatic rings. The number of benzene rings is 1. The van der Waals surface area contributed by atoms with E-state index in [1.807, 2.05) is 0 Å². The molecule has 0 atom stereocenters. The number of halogens is 1. The van der Waals surface area contributed by atoms with Gasteiger partial charge in [0.2, 0.25) is 5.91 Å². The van der Waals surface area contributed by atoms with Gasteiger partial charge in [0.1, 0.15) is 0 Å². The first-order chi connectivity index (χ1) is 11.8. The SMILES string of the molecule is CNC(=O)c1ccc(Cl)cc1NC(=O)CC1(CC(=O)O)CCCCC1. The molecule has 0 saturated heterocycles. The smallest absolute Gasteiger partial charge is 0.303 e. The molecule has 136 valence electrons. The van der Waals surface area contributed by atoms with Crippen molar-refractivity contribution in [1.82, 2.24) is 5.32 Å². The normalized spacial score (nSPS) is 16.1. The summed E-state index contributed by atoms with van der Waals surface area (Å²) >= 11 is 5.98. The van der Waals surface area contributed by atoms with Crippen LogP contribution < -0.4 is 10.6 Å². The Kier molecular flexibility index (Phi) is 6.42. The summed E-state index contributed by atoms with van der Waals surface area (Å²) in [4.78, 5) is 35.7. The highest BCUT2D eigenvalue weighted by atomic mass is 35.5. The molecule has 0 bridgehead atoms. The molecule has 2 amide bonds. The highest BCUT2D eigenvalue weighted by molar-refractivity contribution is 6.31. The Bertz CT molecular complexity index is 669. The summed E-state index contributed by atoms with van der Waals surface area (Å²) in [6, 6.07) is 4.65. The van der Waals surface area contributed by atoms with Gasteiger partial charge in [-0.15, -0.1) is 0 Å². The molecule has 0 aromatic heterocycles. The molecule has 1 aliphatic carbocycles. The fourth-order valence-corrected chi connectivity index (χ4v) is 3.70. The average Bonchev–Trinajstić information content (AvgIpc) is 2.54. The van der Waals surface area contributed by atoms with Crippen LogP contribution in [0.15, 0.2) is 18.2 Å². The third kappa shape index (κ3) is 5.19. The zero-order chi connectivity index (χ0) is 18.4. The van der Waals surface area contributed by atoms with E-state index in [1.54, 1.807) is 12.1 Å². The second-order valence-electron chi connectivity index (χ2n) is 6.63. The number of aliphatic carboxylic acids is 1. The molecule has 7 heteroatoms. The number of hydrogen-bond donors (Lipinski definition) is 3. The van der Waals surface area contributed by atoms with Gasteiger partial charge >= 0.3 is 5.97 Å². The van der Waals surface area contributed by atoms with E-state index in [4.69, 9.17) is 11.6 Å². The van der Waals surface area contributed by atoms with Gasteiger partial charge in [-0.2, -0.15) is 0 Å². The summed E-state index contributed by atoms with van der Waals surface area (Å²) < 4.78 is 0. The van der Waals surface area contributed by atoms with Crippen LogP contribution in [0.1, 0.15) is 55.3 Å². The van der Waals surface area contributed by atoms with Gasteiger partial charge in [-0.3, -0.25) is 14.4 Å². The van der Waals surface area contributed by atoms with Crippen LogP contribution >= 0.6 is 11.6 Å². The van der Waals surface area contributed by atoms with Crippen molar-refractivity contribution in [1.29, 1.82) is 0 Å². The van der Waals surface area contributed by atoms with Crippen LogP contribution in [0.25, 0.3) is 0 Å². The number of carboxylic acids is 1. The first-order valence-corrected chi connectivity index (χ1v) is 8.76. The topological polar surface area (TPSA) is 95.5 Å². The summed E-state index contributed by atoms with van der Waals surface area (Å²) in [6.07, 6.45) is 4.49. The lowest BCUT2D eigenvalue weighted by Gasteiger charge is -2.35. The Morgan fingerprint density at radius 2 is 1.84 bits per heavy atom. The maximum Gasteiger partial charge on any atom is 0.303 e. The lowest BCUT2D eigenvalue weighted by Crippen LogP contribution is -2.32. The maximum atomic E-state index is 12.6. The number of nitrogens with one attached hydrogen (secondary N) is 2. The van der Waals surface area contributed by atoms with E-state index in [-0.39, 0.29) is 24.7 Å². The fraction of sp³-hybridized carbons (Fsp3) is 0.500. The predicted molar refractivity (Wildman–Crippen MR) is 95.9 cm³/mol. The van der Waals surface area contributed by atoms with Crippen LogP contribution in [-0.4, -0.2) is 29.9 Å². The molecular weight excluding hydrogens is 344 g/mol. The number of hydrogen-bond acceptors (Lipinski definition) is 3. The van der Waals surface area contributed by atoms with Crippen LogP contribution in [0.4, 0.5) is 5.69 Å². The zero-order valence-electron chi connectivity index (χ0n) is 14.2. The van der Waals surface area contributed by atoms with E-state index in [0.717, 1.165) is 32.1 Å². The molecule has 0 unspecified atom stereocenters. The summed E-state index contributed by atoms with van der Waals surface area (Å²) in [5, 5.41) is 14.9. The van der Waals surface area contributed by atoms with E-state index in [9.17, 15) is 19.5 Å². The van der Waals surface area contributed by atoms with Crippen molar-refractivity contribution in [3.05, 3.63) is 28.8 Å². The average molecular weight is 367 g/mol. The van der Waals surface area contributed by atoms with Crippen LogP contribution in [0.3, 0.4) is 0 Å². The van der Waals surface area contributed by atoms with E-state index >= 15 is 0 Å². The van der Waals surface area contributed by atoms with Gasteiger partial charge < -0.3 is 15.7 Å². The molecule has 1 saturated carbocycles. The lowest BCUT2D eigenvalue weighted by molar-refractivity contribution is -0.140. The van der Waals surface area contributed by atoms with Crippen molar-refractivity contribution in [2.24, 2.45) is 5.41 Å². The predicted octanol–water partition coefficient (Wildman–Crippen LogP) is 3.45. The minimum absolute atomic E-state index is 0.0156. The molecule has 25 heavy (non-hydrogen) atoms. The van der Waals surface area contributed by atoms with Gasteiger partial charge in [-0.05, 0) is 36.5 Å². The molecule has 0 spiro atoms. The van der Waals surface area contributed by atoms with Crippen molar-refractivity contribution in [2.75, 3.05) is 12.4 Å². The van der Waals surface area contributed by atoms with Crippen molar-refractivity contribution in [2.45, 2.75) is 44.9 Å². The molecule has 1 aromatic carbocycles. The minimum Gasteiger partial charge on any atom is -0.481 e. The summed E-state index contributed by atoms with van der Waals surface area (Å²) in [7, 11) is 1.51. The second-order valence-corrected chi connectivity index (χ2v) is 7.06. The van der Waals surface area contributed by atoms with E-state index < -0.39 is 11.4 Å². The summed E-state index contributed by atoms with van der Waals surface area (Å²) in [5.41, 5.74) is 0.134. The van der Waals surface area contributed by atoms with Gasteiger partial charge in [0.05, 0.1) is 17.7 Å². The molecule has 0 heterocycles. The number of rotatable bonds is 6. The van der Waals surface area contributed by atoms with Crippen molar-refractivity contribution in [3.63, 3.8) is 0 Å². The summed E-state index contributed by atoms with van der Waals surface area (Å²) in [6.45, 7) is 0. The minimum atomic E-state index is -0.886. The number of carbonyl (C=O) groups is 3. The number of anilines is 1. The van der Waals surface area contributed by atoms with Crippen LogP contribution in [0.5, 0.6) is 0 Å². The Morgan fingerprint density at radius 3 is 2.44 bits per heavy atom. The van der Waals surface area contributed by atoms with Crippen molar-refractivity contribution < 1.29 is 19.5 Å². The van der Waals surface area contributed by atoms with Gasteiger partial charge in [-0.25, -0.2) is 0 Å². The molecule has 1 fully saturated rings. The van der Waals surface area contributed by atoms with E-state index in [0.29, 0.717) is 16.3 Å². The molecule has 1 aliphatic rings. The molecule has 3 N–H and O–H groups in total. The quantitative estimate of drug-likeness (QED) is 0.718. The van der Waals surface area contributed by atoms with Gasteiger partial charge in [-0.1, -0.05) is 30.9 Å². The Morgan fingerprint density at radius 1 is 1.16 bits per heavy atom. The third-order valence-electron chi connectivity index (χ3n) is 4.70. The zero-order valence-corrected chi connectivity index (χ0v) is 15.0. The molecule has 6 nitrogen and oxygen atoms in total. The third-order valence-corrected chi connectivity index (χ3v) is 4.94. The van der Waals surface area contributed by atoms with E-state index in [1.165, 1.54) is 13.1 Å². The Hall–Kier alpha value is -2.08. The number of amides is 2. The lowest BCUT2D eigenvalue weighted by atomic mass is 9.69. The first kappa shape index (κ1) is 19.2. The van der Waals surface area contributed by atoms with Crippen LogP contribution in [0.2, 0.25) is 5.02 Å². The molecule has 2 rings (SSSR count). The number of carbonyl (C=O) groups excluding carboxylic acids is 2. The van der Waals surface area contributed by atoms with Gasteiger partial charge in [0.15, 0.2) is 0 Å². The van der Waals surface area contributed by atoms with Crippen LogP contribution in [-0.2, 0) is 9.59 Å². The summed E-state index contributed by atoms with van der Waals surface area (Å²) in [5.74, 6) is -1.51. The van der Waals surface area contributed by atoms with Gasteiger partial charge in [0, 0.05) is 18.5 Å². The highest BCUT2D eigenvalue weighted by Gasteiger charge is 2.36. The fourth-order valence-electron chi connectivity index (χ4n) is 3.53. The van der Waals surface area contributed by atoms with E-state index in [2.05, 4.69) is 10.6 Å². The Labute approximate surface area is 151 Å². The monoisotopic (exact) mass is 366 g/mol. The standard InChI is InChI=1S/C18H23ClN2O4/c1-20-17(25)13-6-5-12(19)9-14(13)21-15(22)10-18(11-16(23)24)7-3-2-4-8-18/h5-6,9H,2-4,7-8,10-11H2,1H3,(H,20,25)(H,21,22)(H,23,24). The highest BCUT2D eigenvalue weighted by Crippen LogP contribution is 2.42. The second kappa shape index (κ2) is 8.34. The van der Waals surface area contributed by atoms with Crippen molar-refractivity contribution >= 4 is 35.1 Å². The maximum absolute atomic E-state index is 12.6.